The van der Waals surface area contributed by atoms with Crippen molar-refractivity contribution in [2.24, 2.45) is 0 Å². The summed E-state index contributed by atoms with van der Waals surface area (Å²) in [7, 11) is 1.51. The van der Waals surface area contributed by atoms with E-state index >= 15 is 0 Å². The topological polar surface area (TPSA) is 64.3 Å². The number of ether oxygens (including phenoxy) is 1. The fourth-order valence-corrected chi connectivity index (χ4v) is 2.19. The van der Waals surface area contributed by atoms with Gasteiger partial charge in [-0.2, -0.15) is 0 Å². The molecule has 0 aliphatic rings. The molecule has 0 saturated heterocycles. The second kappa shape index (κ2) is 6.24. The highest BCUT2D eigenvalue weighted by Gasteiger charge is 2.14. The Labute approximate surface area is 132 Å². The number of carbonyl (C=O) groups is 1. The lowest BCUT2D eigenvalue weighted by atomic mass is 10.1. The summed E-state index contributed by atoms with van der Waals surface area (Å²) in [5.41, 5.74) is 7.81. The first-order valence-corrected chi connectivity index (χ1v) is 6.88. The van der Waals surface area contributed by atoms with Crippen LogP contribution in [0.25, 0.3) is 0 Å². The Kier molecular flexibility index (Phi) is 4.60. The van der Waals surface area contributed by atoms with E-state index in [1.54, 1.807) is 24.3 Å². The van der Waals surface area contributed by atoms with E-state index in [0.717, 1.165) is 5.56 Å². The Balaban J connectivity index is 2.33. The number of hydrogen-bond acceptors (Lipinski definition) is 3. The SMILES string of the molecule is COc1cc(Cl)c(C)cc1NC(=O)c1ccc(Cl)cc1N. The molecule has 110 valence electrons. The molecule has 0 aliphatic heterocycles. The van der Waals surface area contributed by atoms with Gasteiger partial charge in [-0.15, -0.1) is 0 Å². The van der Waals surface area contributed by atoms with Gasteiger partial charge in [-0.3, -0.25) is 4.79 Å². The number of nitrogens with one attached hydrogen (secondary N) is 1. The zero-order chi connectivity index (χ0) is 15.6. The molecule has 3 N–H and O–H groups in total. The van der Waals surface area contributed by atoms with Crippen molar-refractivity contribution in [3.8, 4) is 5.75 Å². The van der Waals surface area contributed by atoms with E-state index in [4.69, 9.17) is 33.7 Å². The van der Waals surface area contributed by atoms with Crippen molar-refractivity contribution < 1.29 is 9.53 Å². The van der Waals surface area contributed by atoms with Crippen LogP contribution >= 0.6 is 23.2 Å². The number of benzene rings is 2. The number of nitrogens with two attached hydrogens (primary N) is 1. The molecule has 0 saturated carbocycles. The summed E-state index contributed by atoms with van der Waals surface area (Å²) in [6.07, 6.45) is 0. The van der Waals surface area contributed by atoms with Gasteiger partial charge in [-0.1, -0.05) is 23.2 Å². The van der Waals surface area contributed by atoms with Crippen LogP contribution in [-0.4, -0.2) is 13.0 Å². The maximum absolute atomic E-state index is 12.3. The van der Waals surface area contributed by atoms with Crippen LogP contribution in [0.3, 0.4) is 0 Å². The number of aryl methyl sites for hydroxylation is 1. The highest BCUT2D eigenvalue weighted by Crippen LogP contribution is 2.31. The van der Waals surface area contributed by atoms with Crippen molar-refractivity contribution in [1.82, 2.24) is 0 Å². The standard InChI is InChI=1S/C15H14Cl2N2O2/c1-8-5-13(14(21-2)7-11(8)17)19-15(20)10-4-3-9(16)6-12(10)18/h3-7H,18H2,1-2H3,(H,19,20). The van der Waals surface area contributed by atoms with E-state index in [9.17, 15) is 4.79 Å². The summed E-state index contributed by atoms with van der Waals surface area (Å²) >= 11 is 11.9. The Morgan fingerprint density at radius 2 is 1.95 bits per heavy atom. The highest BCUT2D eigenvalue weighted by atomic mass is 35.5. The largest absolute Gasteiger partial charge is 0.495 e. The smallest absolute Gasteiger partial charge is 0.257 e. The van der Waals surface area contributed by atoms with Crippen LogP contribution in [0.5, 0.6) is 5.75 Å². The zero-order valence-corrected chi connectivity index (χ0v) is 13.0. The van der Waals surface area contributed by atoms with Gasteiger partial charge >= 0.3 is 0 Å². The number of hydrogen-bond donors (Lipinski definition) is 2. The molecule has 0 aliphatic carbocycles. The minimum absolute atomic E-state index is 0.310. The zero-order valence-electron chi connectivity index (χ0n) is 11.5. The molecule has 0 atom stereocenters. The molecule has 0 unspecified atom stereocenters. The van der Waals surface area contributed by atoms with Crippen LogP contribution in [0.2, 0.25) is 10.0 Å². The second-order valence-corrected chi connectivity index (χ2v) is 5.33. The van der Waals surface area contributed by atoms with E-state index in [0.29, 0.717) is 32.7 Å². The monoisotopic (exact) mass is 324 g/mol. The van der Waals surface area contributed by atoms with Gasteiger partial charge < -0.3 is 15.8 Å². The van der Waals surface area contributed by atoms with Crippen LogP contribution in [0.4, 0.5) is 11.4 Å². The number of rotatable bonds is 3. The molecular weight excluding hydrogens is 311 g/mol. The number of methoxy groups -OCH3 is 1. The molecule has 0 fully saturated rings. The Bertz CT molecular complexity index is 702. The fraction of sp³-hybridized carbons (Fsp3) is 0.133. The van der Waals surface area contributed by atoms with Gasteiger partial charge in [-0.05, 0) is 36.8 Å². The number of halogens is 2. The quantitative estimate of drug-likeness (QED) is 0.834. The predicted octanol–water partition coefficient (Wildman–Crippen LogP) is 4.14. The van der Waals surface area contributed by atoms with Crippen LogP contribution < -0.4 is 15.8 Å². The number of carbonyl (C=O) groups excluding carboxylic acids is 1. The normalized spacial score (nSPS) is 10.3. The first-order valence-electron chi connectivity index (χ1n) is 6.13. The van der Waals surface area contributed by atoms with Gasteiger partial charge in [0.15, 0.2) is 0 Å². The van der Waals surface area contributed by atoms with Crippen LogP contribution in [0.1, 0.15) is 15.9 Å². The molecular formula is C15H14Cl2N2O2. The predicted molar refractivity (Wildman–Crippen MR) is 86.6 cm³/mol. The molecule has 0 aromatic heterocycles. The average molecular weight is 325 g/mol. The summed E-state index contributed by atoms with van der Waals surface area (Å²) in [6, 6.07) is 8.10. The third-order valence-corrected chi connectivity index (χ3v) is 3.63. The molecule has 0 bridgehead atoms. The van der Waals surface area contributed by atoms with Crippen LogP contribution in [0.15, 0.2) is 30.3 Å². The van der Waals surface area contributed by atoms with Crippen molar-refractivity contribution in [2.75, 3.05) is 18.2 Å². The summed E-state index contributed by atoms with van der Waals surface area (Å²) in [5.74, 6) is 0.135. The van der Waals surface area contributed by atoms with E-state index in [1.165, 1.54) is 13.2 Å². The first-order chi connectivity index (χ1) is 9.92. The molecule has 2 aromatic rings. The van der Waals surface area contributed by atoms with Gasteiger partial charge in [0.25, 0.3) is 5.91 Å². The maximum Gasteiger partial charge on any atom is 0.257 e. The highest BCUT2D eigenvalue weighted by molar-refractivity contribution is 6.32. The van der Waals surface area contributed by atoms with Crippen molar-refractivity contribution in [2.45, 2.75) is 6.92 Å². The van der Waals surface area contributed by atoms with E-state index in [-0.39, 0.29) is 5.91 Å². The summed E-state index contributed by atoms with van der Waals surface area (Å²) in [4.78, 5) is 12.3. The molecule has 0 heterocycles. The molecule has 0 radical (unpaired) electrons. The first kappa shape index (κ1) is 15.5. The van der Waals surface area contributed by atoms with Gasteiger partial charge in [0, 0.05) is 21.8 Å². The van der Waals surface area contributed by atoms with Gasteiger partial charge in [0.1, 0.15) is 5.75 Å². The molecule has 21 heavy (non-hydrogen) atoms. The summed E-state index contributed by atoms with van der Waals surface area (Å²) < 4.78 is 5.22. The van der Waals surface area contributed by atoms with Gasteiger partial charge in [0.2, 0.25) is 0 Å². The summed E-state index contributed by atoms with van der Waals surface area (Å²) in [6.45, 7) is 1.84. The maximum atomic E-state index is 12.3. The van der Waals surface area contributed by atoms with E-state index in [1.807, 2.05) is 6.92 Å². The third kappa shape index (κ3) is 3.40. The Morgan fingerprint density at radius 3 is 2.57 bits per heavy atom. The number of anilines is 2. The van der Waals surface area contributed by atoms with Crippen molar-refractivity contribution in [3.63, 3.8) is 0 Å². The third-order valence-electron chi connectivity index (χ3n) is 2.99. The van der Waals surface area contributed by atoms with Gasteiger partial charge in [0.05, 0.1) is 18.4 Å². The number of nitrogen functional groups attached to an aromatic ring is 1. The minimum Gasteiger partial charge on any atom is -0.495 e. The lowest BCUT2D eigenvalue weighted by Gasteiger charge is -2.13. The van der Waals surface area contributed by atoms with E-state index in [2.05, 4.69) is 5.32 Å². The fourth-order valence-electron chi connectivity index (χ4n) is 1.86. The van der Waals surface area contributed by atoms with Crippen molar-refractivity contribution in [1.29, 1.82) is 0 Å². The summed E-state index contributed by atoms with van der Waals surface area (Å²) in [5, 5.41) is 3.80. The van der Waals surface area contributed by atoms with Gasteiger partial charge in [-0.25, -0.2) is 0 Å². The molecule has 6 heteroatoms. The van der Waals surface area contributed by atoms with Crippen molar-refractivity contribution in [3.05, 3.63) is 51.5 Å². The average Bonchev–Trinajstić information content (AvgIpc) is 2.42. The van der Waals surface area contributed by atoms with Crippen molar-refractivity contribution >= 4 is 40.5 Å². The molecule has 4 nitrogen and oxygen atoms in total. The second-order valence-electron chi connectivity index (χ2n) is 4.49. The van der Waals surface area contributed by atoms with E-state index < -0.39 is 0 Å². The lowest BCUT2D eigenvalue weighted by Crippen LogP contribution is -2.14. The van der Waals surface area contributed by atoms with Crippen LogP contribution in [-0.2, 0) is 0 Å². The Hall–Kier alpha value is -1.91. The Morgan fingerprint density at radius 1 is 1.24 bits per heavy atom. The minimum atomic E-state index is -0.343. The van der Waals surface area contributed by atoms with Crippen LogP contribution in [0, 0.1) is 6.92 Å². The lowest BCUT2D eigenvalue weighted by molar-refractivity contribution is 0.102. The molecule has 2 aromatic carbocycles. The molecule has 2 rings (SSSR count). The molecule has 0 spiro atoms. The molecule has 1 amide bonds. The number of amides is 1.